The summed E-state index contributed by atoms with van der Waals surface area (Å²) in [6, 6.07) is 15.5. The number of piperidine rings is 1. The minimum Gasteiger partial charge on any atom is -0.377 e. The van der Waals surface area contributed by atoms with E-state index in [-0.39, 0.29) is 5.91 Å². The van der Waals surface area contributed by atoms with Crippen molar-refractivity contribution in [2.45, 2.75) is 19.3 Å². The van der Waals surface area contributed by atoms with Gasteiger partial charge in [0.05, 0.1) is 16.9 Å². The molecular formula is C20H19ClN2O. The van der Waals surface area contributed by atoms with Crippen LogP contribution >= 0.6 is 11.6 Å². The fraction of sp³-hybridized carbons (Fsp3) is 0.250. The van der Waals surface area contributed by atoms with E-state index in [1.54, 1.807) is 4.90 Å². The molecule has 0 saturated carbocycles. The van der Waals surface area contributed by atoms with Gasteiger partial charge in [-0.05, 0) is 43.5 Å². The lowest BCUT2D eigenvalue weighted by molar-refractivity contribution is -0.112. The van der Waals surface area contributed by atoms with Crippen LogP contribution in [0.3, 0.4) is 0 Å². The van der Waals surface area contributed by atoms with Gasteiger partial charge in [-0.15, -0.1) is 0 Å². The molecule has 1 fully saturated rings. The number of hydrogen-bond donors (Lipinski definition) is 0. The zero-order valence-electron chi connectivity index (χ0n) is 13.6. The number of amides is 1. The number of benzene rings is 2. The molecule has 122 valence electrons. The predicted molar refractivity (Wildman–Crippen MR) is 98.4 cm³/mol. The fourth-order valence-corrected chi connectivity index (χ4v) is 3.83. The van der Waals surface area contributed by atoms with E-state index in [4.69, 9.17) is 11.6 Å². The summed E-state index contributed by atoms with van der Waals surface area (Å²) in [5, 5.41) is 0.633. The number of anilines is 2. The van der Waals surface area contributed by atoms with Crippen molar-refractivity contribution >= 4 is 34.5 Å². The van der Waals surface area contributed by atoms with Gasteiger partial charge in [0.2, 0.25) is 0 Å². The van der Waals surface area contributed by atoms with Gasteiger partial charge in [0.25, 0.3) is 5.91 Å². The van der Waals surface area contributed by atoms with Crippen molar-refractivity contribution in [3.05, 3.63) is 64.8 Å². The first-order valence-electron chi connectivity index (χ1n) is 8.30. The van der Waals surface area contributed by atoms with Crippen LogP contribution in [-0.2, 0) is 4.79 Å². The Balaban J connectivity index is 1.90. The van der Waals surface area contributed by atoms with E-state index in [0.717, 1.165) is 47.6 Å². The minimum absolute atomic E-state index is 0.0437. The van der Waals surface area contributed by atoms with Crippen LogP contribution in [0.25, 0.3) is 5.57 Å². The summed E-state index contributed by atoms with van der Waals surface area (Å²) in [7, 11) is 2.08. The quantitative estimate of drug-likeness (QED) is 0.694. The van der Waals surface area contributed by atoms with E-state index in [1.165, 1.54) is 6.42 Å². The van der Waals surface area contributed by atoms with Crippen molar-refractivity contribution in [3.63, 3.8) is 0 Å². The second kappa shape index (κ2) is 5.99. The Hall–Kier alpha value is -2.26. The number of para-hydroxylation sites is 1. The van der Waals surface area contributed by atoms with E-state index in [0.29, 0.717) is 5.02 Å². The van der Waals surface area contributed by atoms with E-state index < -0.39 is 0 Å². The molecule has 0 spiro atoms. The highest BCUT2D eigenvalue weighted by Gasteiger charge is 2.36. The molecule has 2 aliphatic heterocycles. The lowest BCUT2D eigenvalue weighted by atomic mass is 9.98. The number of rotatable bonds is 1. The first kappa shape index (κ1) is 15.3. The molecule has 0 aromatic heterocycles. The van der Waals surface area contributed by atoms with Gasteiger partial charge in [-0.2, -0.15) is 0 Å². The third-order valence-electron chi connectivity index (χ3n) is 4.80. The zero-order chi connectivity index (χ0) is 16.7. The van der Waals surface area contributed by atoms with Gasteiger partial charge in [0.1, 0.15) is 0 Å². The molecule has 4 heteroatoms. The SMILES string of the molecule is CN1CCCCC1=C1C(=O)N(c2cccc(Cl)c2)c2ccccc21. The van der Waals surface area contributed by atoms with E-state index >= 15 is 0 Å². The summed E-state index contributed by atoms with van der Waals surface area (Å²) < 4.78 is 0. The first-order valence-corrected chi connectivity index (χ1v) is 8.68. The maximum absolute atomic E-state index is 13.3. The Morgan fingerprint density at radius 1 is 1.04 bits per heavy atom. The average molecular weight is 339 g/mol. The van der Waals surface area contributed by atoms with E-state index in [2.05, 4.69) is 11.9 Å². The summed E-state index contributed by atoms with van der Waals surface area (Å²) in [6.45, 7) is 1.01. The first-order chi connectivity index (χ1) is 11.7. The summed E-state index contributed by atoms with van der Waals surface area (Å²) in [5.74, 6) is 0.0437. The number of halogens is 1. The lowest BCUT2D eigenvalue weighted by Crippen LogP contribution is -2.27. The van der Waals surface area contributed by atoms with Crippen molar-refractivity contribution in [3.8, 4) is 0 Å². The summed E-state index contributed by atoms with van der Waals surface area (Å²) in [5.41, 5.74) is 4.77. The Morgan fingerprint density at radius 2 is 1.88 bits per heavy atom. The lowest BCUT2D eigenvalue weighted by Gasteiger charge is -2.29. The van der Waals surface area contributed by atoms with Gasteiger partial charge in [0.15, 0.2) is 0 Å². The molecule has 2 heterocycles. The standard InChI is InChI=1S/C20H19ClN2O/c1-22-12-5-4-11-18(22)19-16-9-2-3-10-17(16)23(20(19)24)15-8-6-7-14(21)13-15/h2-3,6-10,13H,4-5,11-12H2,1H3. The van der Waals surface area contributed by atoms with Gasteiger partial charge in [-0.25, -0.2) is 0 Å². The van der Waals surface area contributed by atoms with Gasteiger partial charge in [-0.1, -0.05) is 35.9 Å². The minimum atomic E-state index is 0.0437. The van der Waals surface area contributed by atoms with Crippen LogP contribution in [0.15, 0.2) is 54.2 Å². The number of nitrogens with zero attached hydrogens (tertiary/aromatic N) is 2. The maximum Gasteiger partial charge on any atom is 0.265 e. The van der Waals surface area contributed by atoms with Gasteiger partial charge in [-0.3, -0.25) is 9.69 Å². The molecule has 0 unspecified atom stereocenters. The molecule has 24 heavy (non-hydrogen) atoms. The predicted octanol–water partition coefficient (Wildman–Crippen LogP) is 4.85. The van der Waals surface area contributed by atoms with Gasteiger partial charge < -0.3 is 4.90 Å². The smallest absolute Gasteiger partial charge is 0.265 e. The summed E-state index contributed by atoms with van der Waals surface area (Å²) in [6.07, 6.45) is 3.27. The average Bonchev–Trinajstić information content (AvgIpc) is 2.87. The van der Waals surface area contributed by atoms with Crippen LogP contribution in [0.4, 0.5) is 11.4 Å². The molecule has 3 nitrogen and oxygen atoms in total. The summed E-state index contributed by atoms with van der Waals surface area (Å²) >= 11 is 6.15. The zero-order valence-corrected chi connectivity index (χ0v) is 14.4. The molecular weight excluding hydrogens is 320 g/mol. The molecule has 0 radical (unpaired) electrons. The van der Waals surface area contributed by atoms with Crippen molar-refractivity contribution < 1.29 is 4.79 Å². The molecule has 0 bridgehead atoms. The van der Waals surface area contributed by atoms with E-state index in [1.807, 2.05) is 48.5 Å². The molecule has 1 saturated heterocycles. The molecule has 0 N–H and O–H groups in total. The Morgan fingerprint density at radius 3 is 2.67 bits per heavy atom. The second-order valence-electron chi connectivity index (χ2n) is 6.34. The third-order valence-corrected chi connectivity index (χ3v) is 5.04. The van der Waals surface area contributed by atoms with Crippen LogP contribution in [0.1, 0.15) is 24.8 Å². The maximum atomic E-state index is 13.3. The van der Waals surface area contributed by atoms with Crippen LogP contribution in [0.5, 0.6) is 0 Å². The third kappa shape index (κ3) is 2.40. The molecule has 2 aromatic carbocycles. The highest BCUT2D eigenvalue weighted by atomic mass is 35.5. The number of fused-ring (bicyclic) bond motifs is 1. The molecule has 4 rings (SSSR count). The summed E-state index contributed by atoms with van der Waals surface area (Å²) in [4.78, 5) is 17.3. The molecule has 1 amide bonds. The topological polar surface area (TPSA) is 23.6 Å². The van der Waals surface area contributed by atoms with Crippen LogP contribution < -0.4 is 4.90 Å². The normalized spacial score (nSPS) is 20.5. The highest BCUT2D eigenvalue weighted by molar-refractivity contribution is 6.36. The Kier molecular flexibility index (Phi) is 3.81. The number of hydrogen-bond acceptors (Lipinski definition) is 2. The van der Waals surface area contributed by atoms with Crippen LogP contribution in [0.2, 0.25) is 5.02 Å². The van der Waals surface area contributed by atoms with Crippen molar-refractivity contribution in [1.29, 1.82) is 0 Å². The number of allylic oxidation sites excluding steroid dienone is 1. The molecule has 0 aliphatic carbocycles. The highest BCUT2D eigenvalue weighted by Crippen LogP contribution is 2.44. The van der Waals surface area contributed by atoms with Crippen molar-refractivity contribution in [1.82, 2.24) is 4.90 Å². The molecule has 0 atom stereocenters. The monoisotopic (exact) mass is 338 g/mol. The van der Waals surface area contributed by atoms with Gasteiger partial charge in [0, 0.05) is 29.9 Å². The van der Waals surface area contributed by atoms with Crippen LogP contribution in [-0.4, -0.2) is 24.4 Å². The second-order valence-corrected chi connectivity index (χ2v) is 6.77. The van der Waals surface area contributed by atoms with E-state index in [9.17, 15) is 4.79 Å². The number of likely N-dealkylation sites (tertiary alicyclic amines) is 1. The Bertz CT molecular complexity index is 843. The largest absolute Gasteiger partial charge is 0.377 e. The molecule has 2 aromatic rings. The number of carbonyl (C=O) groups is 1. The fourth-order valence-electron chi connectivity index (χ4n) is 3.65. The molecule has 2 aliphatic rings. The number of carbonyl (C=O) groups excluding carboxylic acids is 1. The Labute approximate surface area is 147 Å². The van der Waals surface area contributed by atoms with Gasteiger partial charge >= 0.3 is 0 Å². The van der Waals surface area contributed by atoms with Crippen molar-refractivity contribution in [2.75, 3.05) is 18.5 Å². The van der Waals surface area contributed by atoms with Crippen LogP contribution in [0, 0.1) is 0 Å². The van der Waals surface area contributed by atoms with Crippen molar-refractivity contribution in [2.24, 2.45) is 0 Å².